The van der Waals surface area contributed by atoms with Gasteiger partial charge in [-0.2, -0.15) is 5.10 Å². The summed E-state index contributed by atoms with van der Waals surface area (Å²) >= 11 is 0. The Morgan fingerprint density at radius 2 is 2.24 bits per heavy atom. The van der Waals surface area contributed by atoms with E-state index in [1.165, 1.54) is 0 Å². The Kier molecular flexibility index (Phi) is 3.45. The summed E-state index contributed by atoms with van der Waals surface area (Å²) in [4.78, 5) is 15.3. The molecule has 0 radical (unpaired) electrons. The highest BCUT2D eigenvalue weighted by Crippen LogP contribution is 2.19. The molecule has 0 spiro atoms. The van der Waals surface area contributed by atoms with Crippen molar-refractivity contribution < 1.29 is 4.79 Å². The first-order valence-electron chi connectivity index (χ1n) is 6.74. The molecular weight excluding hydrogens is 266 g/mol. The number of amides is 1. The Hall–Kier alpha value is -2.60. The first kappa shape index (κ1) is 13.4. The number of carbonyl (C=O) groups is 1. The van der Waals surface area contributed by atoms with Gasteiger partial charge in [-0.15, -0.1) is 0 Å². The van der Waals surface area contributed by atoms with E-state index in [-0.39, 0.29) is 5.91 Å². The molecule has 0 aliphatic heterocycles. The number of benzene rings is 1. The smallest absolute Gasteiger partial charge is 0.242 e. The van der Waals surface area contributed by atoms with Crippen LogP contribution in [0.25, 0.3) is 10.9 Å². The van der Waals surface area contributed by atoms with E-state index in [2.05, 4.69) is 15.4 Å². The summed E-state index contributed by atoms with van der Waals surface area (Å²) in [6, 6.07) is 9.08. The van der Waals surface area contributed by atoms with Crippen molar-refractivity contribution in [3.63, 3.8) is 0 Å². The van der Waals surface area contributed by atoms with Gasteiger partial charge in [0.25, 0.3) is 0 Å². The number of anilines is 1. The molecule has 3 aromatic rings. The molecule has 108 valence electrons. The largest absolute Gasteiger partial charge is 0.361 e. The zero-order valence-electron chi connectivity index (χ0n) is 11.7. The van der Waals surface area contributed by atoms with Crippen LogP contribution in [0.2, 0.25) is 0 Å². The van der Waals surface area contributed by atoms with E-state index >= 15 is 0 Å². The number of aryl methyl sites for hydroxylation is 1. The number of H-pyrrole nitrogens is 1. The van der Waals surface area contributed by atoms with Crippen molar-refractivity contribution in [1.82, 2.24) is 14.8 Å². The third kappa shape index (κ3) is 2.66. The lowest BCUT2D eigenvalue weighted by molar-refractivity contribution is -0.117. The lowest BCUT2D eigenvalue weighted by atomic mass is 10.1. The van der Waals surface area contributed by atoms with Gasteiger partial charge >= 0.3 is 0 Å². The van der Waals surface area contributed by atoms with Gasteiger partial charge in [-0.25, -0.2) is 0 Å². The Labute approximate surface area is 121 Å². The fraction of sp³-hybridized carbons (Fsp3) is 0.200. The van der Waals surface area contributed by atoms with Gasteiger partial charge in [-0.05, 0) is 18.1 Å². The summed E-state index contributed by atoms with van der Waals surface area (Å²) in [6.07, 6.45) is 4.01. The van der Waals surface area contributed by atoms with Crippen molar-refractivity contribution in [2.24, 2.45) is 12.8 Å². The Morgan fingerprint density at radius 1 is 1.43 bits per heavy atom. The summed E-state index contributed by atoms with van der Waals surface area (Å²) in [6.45, 7) is 0. The summed E-state index contributed by atoms with van der Waals surface area (Å²) in [5.74, 6) is 0.415. The molecule has 1 amide bonds. The number of nitrogens with two attached hydrogens (primary N) is 1. The first-order valence-corrected chi connectivity index (χ1v) is 6.74. The highest BCUT2D eigenvalue weighted by Gasteiger charge is 2.17. The van der Waals surface area contributed by atoms with Gasteiger partial charge in [0.2, 0.25) is 5.91 Å². The minimum atomic E-state index is -0.612. The van der Waals surface area contributed by atoms with Crippen molar-refractivity contribution in [1.29, 1.82) is 0 Å². The van der Waals surface area contributed by atoms with Gasteiger partial charge < -0.3 is 16.0 Å². The van der Waals surface area contributed by atoms with Crippen LogP contribution in [0.15, 0.2) is 42.7 Å². The Morgan fingerprint density at radius 3 is 3.00 bits per heavy atom. The summed E-state index contributed by atoms with van der Waals surface area (Å²) in [5.41, 5.74) is 8.10. The van der Waals surface area contributed by atoms with Gasteiger partial charge in [0, 0.05) is 30.2 Å². The van der Waals surface area contributed by atoms with E-state index < -0.39 is 6.04 Å². The number of hydrogen-bond acceptors (Lipinski definition) is 3. The van der Waals surface area contributed by atoms with E-state index in [9.17, 15) is 4.79 Å². The fourth-order valence-electron chi connectivity index (χ4n) is 2.35. The Bertz CT molecular complexity index is 773. The van der Waals surface area contributed by atoms with E-state index in [1.54, 1.807) is 24.0 Å². The molecule has 2 heterocycles. The molecule has 4 N–H and O–H groups in total. The highest BCUT2D eigenvalue weighted by atomic mass is 16.2. The second-order valence-electron chi connectivity index (χ2n) is 5.00. The van der Waals surface area contributed by atoms with Gasteiger partial charge in [0.1, 0.15) is 5.82 Å². The number of nitrogens with zero attached hydrogens (tertiary/aromatic N) is 2. The molecule has 1 aromatic carbocycles. The molecule has 0 saturated heterocycles. The summed E-state index contributed by atoms with van der Waals surface area (Å²) in [5, 5.41) is 7.88. The van der Waals surface area contributed by atoms with Crippen LogP contribution < -0.4 is 11.1 Å². The van der Waals surface area contributed by atoms with Crippen LogP contribution >= 0.6 is 0 Å². The average Bonchev–Trinajstić information content (AvgIpc) is 3.07. The zero-order chi connectivity index (χ0) is 14.8. The number of para-hydroxylation sites is 1. The third-order valence-corrected chi connectivity index (χ3v) is 3.52. The van der Waals surface area contributed by atoms with Crippen molar-refractivity contribution >= 4 is 22.6 Å². The maximum atomic E-state index is 12.1. The fourth-order valence-corrected chi connectivity index (χ4v) is 2.35. The molecule has 0 aliphatic rings. The van der Waals surface area contributed by atoms with Crippen LogP contribution in [-0.2, 0) is 18.3 Å². The van der Waals surface area contributed by atoms with Crippen LogP contribution in [0.5, 0.6) is 0 Å². The minimum absolute atomic E-state index is 0.219. The van der Waals surface area contributed by atoms with Gasteiger partial charge in [0.05, 0.1) is 12.2 Å². The van der Waals surface area contributed by atoms with E-state index in [0.29, 0.717) is 12.2 Å². The van der Waals surface area contributed by atoms with Crippen molar-refractivity contribution in [3.8, 4) is 0 Å². The van der Waals surface area contributed by atoms with Crippen molar-refractivity contribution in [2.75, 3.05) is 5.32 Å². The molecule has 0 saturated carbocycles. The summed E-state index contributed by atoms with van der Waals surface area (Å²) < 4.78 is 1.59. The van der Waals surface area contributed by atoms with Crippen molar-refractivity contribution in [3.05, 3.63) is 48.3 Å². The van der Waals surface area contributed by atoms with Gasteiger partial charge in [-0.3, -0.25) is 9.48 Å². The number of fused-ring (bicyclic) bond motifs is 1. The number of carbonyl (C=O) groups excluding carboxylic acids is 1. The van der Waals surface area contributed by atoms with E-state index in [1.807, 2.05) is 30.5 Å². The second kappa shape index (κ2) is 5.41. The highest BCUT2D eigenvalue weighted by molar-refractivity contribution is 5.94. The molecule has 0 bridgehead atoms. The van der Waals surface area contributed by atoms with Gasteiger partial charge in [0.15, 0.2) is 0 Å². The van der Waals surface area contributed by atoms with E-state index in [0.717, 1.165) is 16.5 Å². The zero-order valence-corrected chi connectivity index (χ0v) is 11.7. The normalized spacial score (nSPS) is 12.5. The predicted molar refractivity (Wildman–Crippen MR) is 81.8 cm³/mol. The number of nitrogens with one attached hydrogen (secondary N) is 2. The molecule has 6 heteroatoms. The minimum Gasteiger partial charge on any atom is -0.361 e. The lowest BCUT2D eigenvalue weighted by Gasteiger charge is -2.11. The third-order valence-electron chi connectivity index (χ3n) is 3.52. The molecule has 0 unspecified atom stereocenters. The number of rotatable bonds is 4. The molecule has 3 rings (SSSR count). The van der Waals surface area contributed by atoms with E-state index in [4.69, 9.17) is 5.73 Å². The molecule has 0 aliphatic carbocycles. The first-order chi connectivity index (χ1) is 10.1. The maximum Gasteiger partial charge on any atom is 0.242 e. The second-order valence-corrected chi connectivity index (χ2v) is 5.00. The monoisotopic (exact) mass is 283 g/mol. The quantitative estimate of drug-likeness (QED) is 0.676. The van der Waals surface area contributed by atoms with Crippen LogP contribution in [-0.4, -0.2) is 26.7 Å². The van der Waals surface area contributed by atoms with Crippen LogP contribution in [0.1, 0.15) is 5.56 Å². The Balaban J connectivity index is 1.72. The molecule has 0 fully saturated rings. The van der Waals surface area contributed by atoms with Crippen LogP contribution in [0.4, 0.5) is 5.82 Å². The van der Waals surface area contributed by atoms with Crippen LogP contribution in [0.3, 0.4) is 0 Å². The predicted octanol–water partition coefficient (Wildman–Crippen LogP) is 1.41. The SMILES string of the molecule is Cn1nccc1NC(=O)[C@@H](N)Cc1c[nH]c2ccccc12. The molecular formula is C15H17N5O. The maximum absolute atomic E-state index is 12.1. The van der Waals surface area contributed by atoms with Crippen LogP contribution in [0, 0.1) is 0 Å². The molecule has 1 atom stereocenters. The topological polar surface area (TPSA) is 88.7 Å². The summed E-state index contributed by atoms with van der Waals surface area (Å²) in [7, 11) is 1.76. The number of hydrogen-bond donors (Lipinski definition) is 3. The number of aromatic nitrogens is 3. The van der Waals surface area contributed by atoms with Gasteiger partial charge in [-0.1, -0.05) is 18.2 Å². The lowest BCUT2D eigenvalue weighted by Crippen LogP contribution is -2.37. The standard InChI is InChI=1S/C15H17N5O/c1-20-14(6-7-18-20)19-15(21)12(16)8-10-9-17-13-5-3-2-4-11(10)13/h2-7,9,12,17H,8,16H2,1H3,(H,19,21)/t12-/m0/s1. The molecule has 21 heavy (non-hydrogen) atoms. The molecule has 6 nitrogen and oxygen atoms in total. The average molecular weight is 283 g/mol. The molecule has 2 aromatic heterocycles. The van der Waals surface area contributed by atoms with Crippen molar-refractivity contribution in [2.45, 2.75) is 12.5 Å². The number of aromatic amines is 1.